The number of methoxy groups -OCH3 is 1. The maximum absolute atomic E-state index is 10.2. The molecule has 4 rings (SSSR count). The summed E-state index contributed by atoms with van der Waals surface area (Å²) in [4.78, 5) is 5.60. The van der Waals surface area contributed by atoms with Gasteiger partial charge in [-0.25, -0.2) is 0 Å². The van der Waals surface area contributed by atoms with E-state index in [-0.39, 0.29) is 12.1 Å². The van der Waals surface area contributed by atoms with Crippen LogP contribution in [0.2, 0.25) is 0 Å². The summed E-state index contributed by atoms with van der Waals surface area (Å²) in [5.74, 6) is 0. The number of hydrogen-bond donors (Lipinski definition) is 2. The van der Waals surface area contributed by atoms with E-state index in [0.29, 0.717) is 13.0 Å². The maximum atomic E-state index is 10.2. The molecule has 20 heavy (non-hydrogen) atoms. The number of piperidine rings is 1. The molecule has 1 fully saturated rings. The molecule has 4 nitrogen and oxygen atoms in total. The number of nitrogens with one attached hydrogen (secondary N) is 1. The first kappa shape index (κ1) is 12.4. The van der Waals surface area contributed by atoms with Gasteiger partial charge in [-0.1, -0.05) is 12.1 Å². The van der Waals surface area contributed by atoms with Crippen LogP contribution in [0, 0.1) is 0 Å². The molecule has 1 aliphatic heterocycles. The van der Waals surface area contributed by atoms with E-state index >= 15 is 0 Å². The lowest BCUT2D eigenvalue weighted by Crippen LogP contribution is -2.60. The summed E-state index contributed by atoms with van der Waals surface area (Å²) in [6.45, 7) is 0.714. The number of β-amino-alcohol motifs (C(OH)–C–C–N with tert-alkyl or cyclic N) is 1. The topological polar surface area (TPSA) is 48.5 Å². The van der Waals surface area contributed by atoms with Crippen molar-refractivity contribution in [3.8, 4) is 0 Å². The Morgan fingerprint density at radius 3 is 3.10 bits per heavy atom. The smallest absolute Gasteiger partial charge is 0.112 e. The molecule has 4 heteroatoms. The van der Waals surface area contributed by atoms with Crippen molar-refractivity contribution in [3.63, 3.8) is 0 Å². The van der Waals surface area contributed by atoms with Gasteiger partial charge in [0.2, 0.25) is 0 Å². The Balaban J connectivity index is 2.00. The summed E-state index contributed by atoms with van der Waals surface area (Å²) in [5.41, 5.74) is 3.34. The van der Waals surface area contributed by atoms with E-state index in [9.17, 15) is 5.11 Å². The molecule has 2 aromatic rings. The predicted molar refractivity (Wildman–Crippen MR) is 77.7 cm³/mol. The summed E-state index contributed by atoms with van der Waals surface area (Å²) >= 11 is 0. The van der Waals surface area contributed by atoms with E-state index < -0.39 is 5.60 Å². The molecule has 1 aromatic heterocycles. The van der Waals surface area contributed by atoms with Gasteiger partial charge in [0.05, 0.1) is 6.10 Å². The number of hydrogen-bond acceptors (Lipinski definition) is 3. The second-order valence-corrected chi connectivity index (χ2v) is 6.15. The Morgan fingerprint density at radius 1 is 1.45 bits per heavy atom. The summed E-state index contributed by atoms with van der Waals surface area (Å²) < 4.78 is 6.02. The van der Waals surface area contributed by atoms with Crippen LogP contribution in [0.25, 0.3) is 10.9 Å². The van der Waals surface area contributed by atoms with Crippen LogP contribution < -0.4 is 0 Å². The molecule has 0 radical (unpaired) electrons. The minimum absolute atomic E-state index is 0.282. The highest BCUT2D eigenvalue weighted by atomic mass is 16.5. The van der Waals surface area contributed by atoms with E-state index in [2.05, 4.69) is 41.3 Å². The third-order valence-corrected chi connectivity index (χ3v) is 5.13. The Labute approximate surface area is 118 Å². The number of aliphatic hydroxyl groups is 1. The number of aliphatic hydroxyl groups excluding tert-OH is 1. The Hall–Kier alpha value is -1.36. The first-order valence-electron chi connectivity index (χ1n) is 7.18. The molecule has 0 bridgehead atoms. The van der Waals surface area contributed by atoms with Gasteiger partial charge in [-0.2, -0.15) is 0 Å². The molecule has 0 spiro atoms. The molecular formula is C16H20N2O2. The summed E-state index contributed by atoms with van der Waals surface area (Å²) in [6, 6.07) is 6.61. The zero-order valence-corrected chi connectivity index (χ0v) is 11.9. The Bertz CT molecular complexity index is 666. The number of likely N-dealkylation sites (N-methyl/N-ethyl adjacent to an activating group) is 1. The molecule has 0 unspecified atom stereocenters. The van der Waals surface area contributed by atoms with Gasteiger partial charge in [0.25, 0.3) is 0 Å². The average Bonchev–Trinajstić information content (AvgIpc) is 2.85. The van der Waals surface area contributed by atoms with E-state index in [4.69, 9.17) is 4.74 Å². The van der Waals surface area contributed by atoms with Gasteiger partial charge in [0.15, 0.2) is 0 Å². The van der Waals surface area contributed by atoms with Crippen LogP contribution in [0.1, 0.15) is 17.5 Å². The maximum Gasteiger partial charge on any atom is 0.112 e. The lowest BCUT2D eigenvalue weighted by molar-refractivity contribution is -0.141. The number of ether oxygens (including phenoxy) is 1. The number of fused-ring (bicyclic) bond motifs is 2. The Morgan fingerprint density at radius 2 is 2.30 bits per heavy atom. The van der Waals surface area contributed by atoms with E-state index in [1.807, 2.05) is 0 Å². The van der Waals surface area contributed by atoms with E-state index in [1.165, 1.54) is 16.5 Å². The fourth-order valence-electron chi connectivity index (χ4n) is 4.28. The molecule has 2 heterocycles. The summed E-state index contributed by atoms with van der Waals surface area (Å²) in [6.07, 6.45) is 3.41. The third kappa shape index (κ3) is 1.41. The van der Waals surface area contributed by atoms with Gasteiger partial charge in [-0.3, -0.25) is 4.90 Å². The van der Waals surface area contributed by atoms with Crippen molar-refractivity contribution < 1.29 is 9.84 Å². The van der Waals surface area contributed by atoms with Gasteiger partial charge < -0.3 is 14.8 Å². The SMILES string of the molecule is CO[C@@]12C[C@@H](O)CN(C)[C@@H]1Cc1c[nH]c3cccc2c13. The van der Waals surface area contributed by atoms with Crippen LogP contribution in [0.5, 0.6) is 0 Å². The molecule has 2 N–H and O–H groups in total. The standard InChI is InChI=1S/C16H20N2O2/c1-18-9-11(19)7-16(20-2)12-4-3-5-13-15(12)10(8-17-13)6-14(16)18/h3-5,8,11,14,17,19H,6-7,9H2,1-2H3/t11-,14-,16-/m1/s1. The van der Waals surface area contributed by atoms with Gasteiger partial charge >= 0.3 is 0 Å². The van der Waals surface area contributed by atoms with Gasteiger partial charge in [-0.05, 0) is 30.7 Å². The monoisotopic (exact) mass is 272 g/mol. The van der Waals surface area contributed by atoms with Crippen molar-refractivity contribution in [2.45, 2.75) is 30.6 Å². The summed E-state index contributed by atoms with van der Waals surface area (Å²) in [7, 11) is 3.86. The fraction of sp³-hybridized carbons (Fsp3) is 0.500. The molecule has 0 saturated carbocycles. The van der Waals surface area contributed by atoms with Crippen molar-refractivity contribution >= 4 is 10.9 Å². The number of benzene rings is 1. The van der Waals surface area contributed by atoms with Crippen LogP contribution in [0.4, 0.5) is 0 Å². The van der Waals surface area contributed by atoms with Crippen LogP contribution >= 0.6 is 0 Å². The number of rotatable bonds is 1. The summed E-state index contributed by atoms with van der Waals surface area (Å²) in [5, 5.41) is 11.5. The first-order chi connectivity index (χ1) is 9.65. The van der Waals surface area contributed by atoms with Crippen molar-refractivity contribution in [2.24, 2.45) is 0 Å². The largest absolute Gasteiger partial charge is 0.392 e. The third-order valence-electron chi connectivity index (χ3n) is 5.13. The molecule has 3 atom stereocenters. The molecule has 2 aliphatic rings. The molecular weight excluding hydrogens is 252 g/mol. The van der Waals surface area contributed by atoms with Crippen molar-refractivity contribution in [1.82, 2.24) is 9.88 Å². The van der Waals surface area contributed by atoms with Crippen molar-refractivity contribution in [2.75, 3.05) is 20.7 Å². The highest BCUT2D eigenvalue weighted by molar-refractivity contribution is 5.88. The Kier molecular flexibility index (Phi) is 2.52. The lowest BCUT2D eigenvalue weighted by atomic mass is 9.70. The quantitative estimate of drug-likeness (QED) is 0.829. The minimum Gasteiger partial charge on any atom is -0.392 e. The van der Waals surface area contributed by atoms with Gasteiger partial charge in [0.1, 0.15) is 5.60 Å². The number of likely N-dealkylation sites (tertiary alicyclic amines) is 1. The van der Waals surface area contributed by atoms with Crippen LogP contribution in [-0.2, 0) is 16.8 Å². The molecule has 0 amide bonds. The molecule has 106 valence electrons. The van der Waals surface area contributed by atoms with Crippen LogP contribution in [0.3, 0.4) is 0 Å². The zero-order valence-electron chi connectivity index (χ0n) is 11.9. The highest BCUT2D eigenvalue weighted by Gasteiger charge is 2.51. The number of aromatic amines is 1. The normalized spacial score (nSPS) is 33.4. The van der Waals surface area contributed by atoms with Crippen LogP contribution in [-0.4, -0.2) is 47.8 Å². The van der Waals surface area contributed by atoms with Crippen molar-refractivity contribution in [1.29, 1.82) is 0 Å². The number of H-pyrrole nitrogens is 1. The van der Waals surface area contributed by atoms with Crippen molar-refractivity contribution in [3.05, 3.63) is 35.5 Å². The minimum atomic E-state index is -0.402. The van der Waals surface area contributed by atoms with E-state index in [1.54, 1.807) is 7.11 Å². The van der Waals surface area contributed by atoms with Crippen LogP contribution in [0.15, 0.2) is 24.4 Å². The fourth-order valence-corrected chi connectivity index (χ4v) is 4.28. The highest BCUT2D eigenvalue weighted by Crippen LogP contribution is 2.47. The molecule has 1 aromatic carbocycles. The van der Waals surface area contributed by atoms with Gasteiger partial charge in [-0.15, -0.1) is 0 Å². The van der Waals surface area contributed by atoms with Gasteiger partial charge in [0, 0.05) is 43.2 Å². The average molecular weight is 272 g/mol. The van der Waals surface area contributed by atoms with E-state index in [0.717, 1.165) is 11.9 Å². The number of aromatic nitrogens is 1. The number of nitrogens with zero attached hydrogens (tertiary/aromatic N) is 1. The zero-order chi connectivity index (χ0) is 13.9. The lowest BCUT2D eigenvalue weighted by Gasteiger charge is -2.52. The molecule has 1 saturated heterocycles. The first-order valence-corrected chi connectivity index (χ1v) is 7.18. The molecule has 1 aliphatic carbocycles. The second kappa shape index (κ2) is 4.07. The predicted octanol–water partition coefficient (Wildman–Crippen LogP) is 1.63. The second-order valence-electron chi connectivity index (χ2n) is 6.15.